The highest BCUT2D eigenvalue weighted by atomic mass is 16.5. The number of aromatic amines is 2. The molecular formula is C16H14N4O3. The third kappa shape index (κ3) is 2.17. The van der Waals surface area contributed by atoms with Gasteiger partial charge >= 0.3 is 0 Å². The Morgan fingerprint density at radius 1 is 1.22 bits per heavy atom. The van der Waals surface area contributed by atoms with E-state index in [2.05, 4.69) is 20.5 Å². The molecule has 1 aliphatic rings. The van der Waals surface area contributed by atoms with Crippen LogP contribution in [0.3, 0.4) is 0 Å². The Kier molecular flexibility index (Phi) is 2.94. The highest BCUT2D eigenvalue weighted by Crippen LogP contribution is 2.35. The number of nitrogens with one attached hydrogen (secondary N) is 3. The van der Waals surface area contributed by atoms with E-state index in [4.69, 9.17) is 4.74 Å². The van der Waals surface area contributed by atoms with Gasteiger partial charge in [-0.2, -0.15) is 5.10 Å². The summed E-state index contributed by atoms with van der Waals surface area (Å²) in [5.41, 5.74) is 1.89. The minimum Gasteiger partial charge on any atom is -0.497 e. The molecule has 7 nitrogen and oxygen atoms in total. The summed E-state index contributed by atoms with van der Waals surface area (Å²) in [7, 11) is 1.59. The predicted molar refractivity (Wildman–Crippen MR) is 84.8 cm³/mol. The molecule has 1 atom stereocenters. The number of H-pyrrole nitrogens is 2. The Bertz CT molecular complexity index is 973. The first-order valence-corrected chi connectivity index (χ1v) is 7.20. The maximum Gasteiger partial charge on any atom is 0.252 e. The molecule has 1 aliphatic heterocycles. The number of ether oxygens (including phenoxy) is 1. The summed E-state index contributed by atoms with van der Waals surface area (Å²) in [5, 5.41) is 10.3. The first kappa shape index (κ1) is 13.6. The van der Waals surface area contributed by atoms with Crippen LogP contribution in [0.15, 0.2) is 35.3 Å². The number of hydrogen-bond acceptors (Lipinski definition) is 4. The average molecular weight is 310 g/mol. The number of methoxy groups -OCH3 is 1. The normalized spacial score (nSPS) is 16.9. The lowest BCUT2D eigenvalue weighted by Crippen LogP contribution is -2.26. The van der Waals surface area contributed by atoms with Gasteiger partial charge in [0.25, 0.3) is 5.56 Å². The van der Waals surface area contributed by atoms with Gasteiger partial charge in [-0.15, -0.1) is 0 Å². The molecule has 0 saturated carbocycles. The van der Waals surface area contributed by atoms with E-state index in [0.717, 1.165) is 16.5 Å². The second-order valence-corrected chi connectivity index (χ2v) is 5.51. The van der Waals surface area contributed by atoms with Gasteiger partial charge in [0.15, 0.2) is 0 Å². The molecule has 1 unspecified atom stereocenters. The van der Waals surface area contributed by atoms with Gasteiger partial charge < -0.3 is 15.0 Å². The van der Waals surface area contributed by atoms with Gasteiger partial charge in [-0.1, -0.05) is 0 Å². The van der Waals surface area contributed by atoms with E-state index in [-0.39, 0.29) is 23.8 Å². The number of carbonyl (C=O) groups excluding carboxylic acids is 1. The van der Waals surface area contributed by atoms with Crippen molar-refractivity contribution < 1.29 is 9.53 Å². The van der Waals surface area contributed by atoms with Crippen LogP contribution < -0.4 is 15.6 Å². The first-order chi connectivity index (χ1) is 11.2. The van der Waals surface area contributed by atoms with Crippen LogP contribution in [0.5, 0.6) is 5.75 Å². The summed E-state index contributed by atoms with van der Waals surface area (Å²) in [6.45, 7) is 0. The zero-order chi connectivity index (χ0) is 16.0. The lowest BCUT2D eigenvalue weighted by molar-refractivity contribution is -0.116. The molecule has 0 aliphatic carbocycles. The van der Waals surface area contributed by atoms with E-state index >= 15 is 0 Å². The molecule has 0 radical (unpaired) electrons. The monoisotopic (exact) mass is 310 g/mol. The van der Waals surface area contributed by atoms with Crippen LogP contribution >= 0.6 is 0 Å². The number of fused-ring (bicyclic) bond motifs is 2. The maximum atomic E-state index is 12.5. The fourth-order valence-corrected chi connectivity index (χ4v) is 3.01. The van der Waals surface area contributed by atoms with Crippen molar-refractivity contribution in [3.63, 3.8) is 0 Å². The second-order valence-electron chi connectivity index (χ2n) is 5.51. The fourth-order valence-electron chi connectivity index (χ4n) is 3.01. The molecule has 1 amide bonds. The smallest absolute Gasteiger partial charge is 0.252 e. The summed E-state index contributed by atoms with van der Waals surface area (Å²) in [6.07, 6.45) is 1.86. The molecule has 7 heteroatoms. The highest BCUT2D eigenvalue weighted by molar-refractivity contribution is 5.94. The number of benzene rings is 1. The molecule has 116 valence electrons. The molecule has 4 rings (SSSR count). The Hall–Kier alpha value is -3.09. The quantitative estimate of drug-likeness (QED) is 0.671. The Morgan fingerprint density at radius 3 is 2.91 bits per heavy atom. The molecule has 0 spiro atoms. The van der Waals surface area contributed by atoms with E-state index in [1.807, 2.05) is 12.1 Å². The van der Waals surface area contributed by atoms with Crippen LogP contribution in [0.4, 0.5) is 5.82 Å². The van der Waals surface area contributed by atoms with Crippen molar-refractivity contribution in [2.45, 2.75) is 12.3 Å². The maximum absolute atomic E-state index is 12.5. The second kappa shape index (κ2) is 4.98. The Balaban J connectivity index is 1.90. The first-order valence-electron chi connectivity index (χ1n) is 7.20. The SMILES string of the molecule is COc1ccc2[nH]c(=O)c(C3CC(=O)Nc4[nH]ncc43)cc2c1. The lowest BCUT2D eigenvalue weighted by atomic mass is 9.87. The summed E-state index contributed by atoms with van der Waals surface area (Å²) >= 11 is 0. The van der Waals surface area contributed by atoms with Crippen LogP contribution in [0.25, 0.3) is 10.9 Å². The number of rotatable bonds is 2. The number of hydrogen-bond donors (Lipinski definition) is 3. The van der Waals surface area contributed by atoms with Gasteiger partial charge in [0.2, 0.25) is 5.91 Å². The molecule has 0 bridgehead atoms. The van der Waals surface area contributed by atoms with Crippen LogP contribution in [0.1, 0.15) is 23.5 Å². The van der Waals surface area contributed by atoms with E-state index in [1.165, 1.54) is 0 Å². The van der Waals surface area contributed by atoms with Crippen LogP contribution in [0.2, 0.25) is 0 Å². The number of nitrogens with zero attached hydrogens (tertiary/aromatic N) is 1. The topological polar surface area (TPSA) is 99.9 Å². The van der Waals surface area contributed by atoms with Crippen molar-refractivity contribution in [2.75, 3.05) is 12.4 Å². The van der Waals surface area contributed by atoms with Crippen LogP contribution in [-0.4, -0.2) is 28.2 Å². The molecule has 0 saturated heterocycles. The summed E-state index contributed by atoms with van der Waals surface area (Å²) in [4.78, 5) is 27.2. The number of aromatic nitrogens is 3. The third-order valence-corrected chi connectivity index (χ3v) is 4.15. The number of amides is 1. The van der Waals surface area contributed by atoms with Gasteiger partial charge in [0.05, 0.1) is 13.3 Å². The van der Waals surface area contributed by atoms with Gasteiger partial charge in [-0.3, -0.25) is 14.7 Å². The molecule has 3 N–H and O–H groups in total. The molecule has 23 heavy (non-hydrogen) atoms. The molecule has 0 fully saturated rings. The molecular weight excluding hydrogens is 296 g/mol. The van der Waals surface area contributed by atoms with E-state index in [9.17, 15) is 9.59 Å². The number of anilines is 1. The molecule has 3 aromatic rings. The summed E-state index contributed by atoms with van der Waals surface area (Å²) in [6, 6.07) is 7.26. The van der Waals surface area contributed by atoms with E-state index in [0.29, 0.717) is 17.1 Å². The largest absolute Gasteiger partial charge is 0.497 e. The average Bonchev–Trinajstić information content (AvgIpc) is 3.01. The van der Waals surface area contributed by atoms with Gasteiger partial charge in [-0.05, 0) is 24.3 Å². The standard InChI is InChI=1S/C16H14N4O3/c1-23-9-2-3-13-8(4-9)5-11(16(22)18-13)10-6-14(21)19-15-12(10)7-17-20-15/h2-5,7,10H,6H2,1H3,(H,18,22)(H2,17,19,20,21). The van der Waals surface area contributed by atoms with Gasteiger partial charge in [0.1, 0.15) is 11.6 Å². The highest BCUT2D eigenvalue weighted by Gasteiger charge is 2.30. The van der Waals surface area contributed by atoms with Crippen molar-refractivity contribution in [2.24, 2.45) is 0 Å². The van der Waals surface area contributed by atoms with Crippen LogP contribution in [0, 0.1) is 0 Å². The Morgan fingerprint density at radius 2 is 2.09 bits per heavy atom. The number of pyridine rings is 1. The molecule has 2 aromatic heterocycles. The van der Waals surface area contributed by atoms with Crippen LogP contribution in [-0.2, 0) is 4.79 Å². The summed E-state index contributed by atoms with van der Waals surface area (Å²) in [5.74, 6) is 0.797. The van der Waals surface area contributed by atoms with Crippen molar-refractivity contribution in [1.29, 1.82) is 0 Å². The van der Waals surface area contributed by atoms with Gasteiger partial charge in [-0.25, -0.2) is 0 Å². The third-order valence-electron chi connectivity index (χ3n) is 4.15. The summed E-state index contributed by atoms with van der Waals surface area (Å²) < 4.78 is 5.23. The molecule has 1 aromatic carbocycles. The minimum absolute atomic E-state index is 0.142. The van der Waals surface area contributed by atoms with Gasteiger partial charge in [0, 0.05) is 34.4 Å². The van der Waals surface area contributed by atoms with Crippen molar-refractivity contribution in [3.05, 3.63) is 51.9 Å². The lowest BCUT2D eigenvalue weighted by Gasteiger charge is -2.21. The number of carbonyl (C=O) groups is 1. The van der Waals surface area contributed by atoms with Crippen molar-refractivity contribution >= 4 is 22.6 Å². The fraction of sp³-hybridized carbons (Fsp3) is 0.188. The minimum atomic E-state index is -0.322. The van der Waals surface area contributed by atoms with Crippen molar-refractivity contribution in [1.82, 2.24) is 15.2 Å². The van der Waals surface area contributed by atoms with E-state index in [1.54, 1.807) is 25.4 Å². The zero-order valence-corrected chi connectivity index (χ0v) is 12.3. The predicted octanol–water partition coefficient (Wildman–Crippen LogP) is 1.73. The Labute approximate surface area is 130 Å². The zero-order valence-electron chi connectivity index (χ0n) is 12.3. The van der Waals surface area contributed by atoms with Crippen molar-refractivity contribution in [3.8, 4) is 5.75 Å². The molecule has 3 heterocycles. The van der Waals surface area contributed by atoms with E-state index < -0.39 is 0 Å².